The zero-order chi connectivity index (χ0) is 21.0. The van der Waals surface area contributed by atoms with Crippen LogP contribution in [-0.2, 0) is 13.0 Å². The van der Waals surface area contributed by atoms with Gasteiger partial charge in [-0.15, -0.1) is 0 Å². The normalized spacial score (nSPS) is 14.3. The summed E-state index contributed by atoms with van der Waals surface area (Å²) in [5, 5.41) is 8.24. The van der Waals surface area contributed by atoms with E-state index in [0.717, 1.165) is 36.2 Å². The molecule has 1 aliphatic heterocycles. The summed E-state index contributed by atoms with van der Waals surface area (Å²) in [4.78, 5) is 2.31. The average molecular weight is 403 g/mol. The number of aromatic amines is 1. The Bertz CT molecular complexity index is 1270. The lowest BCUT2D eigenvalue weighted by atomic mass is 9.91. The first-order chi connectivity index (χ1) is 14.4. The van der Waals surface area contributed by atoms with Crippen LogP contribution in [0.2, 0.25) is 0 Å². The summed E-state index contributed by atoms with van der Waals surface area (Å²) in [5.74, 6) is -0.889. The zero-order valence-electron chi connectivity index (χ0n) is 17.3. The van der Waals surface area contributed by atoms with Crippen molar-refractivity contribution in [3.63, 3.8) is 0 Å². The summed E-state index contributed by atoms with van der Waals surface area (Å²) in [5.41, 5.74) is 7.59. The van der Waals surface area contributed by atoms with Crippen LogP contribution in [0.5, 0.6) is 0 Å². The van der Waals surface area contributed by atoms with Gasteiger partial charge in [-0.25, -0.2) is 8.78 Å². The van der Waals surface area contributed by atoms with E-state index in [0.29, 0.717) is 16.6 Å². The second-order valence-corrected chi connectivity index (χ2v) is 8.30. The third-order valence-electron chi connectivity index (χ3n) is 6.16. The van der Waals surface area contributed by atoms with Crippen LogP contribution in [0, 0.1) is 25.5 Å². The van der Waals surface area contributed by atoms with E-state index in [1.807, 2.05) is 0 Å². The first kappa shape index (κ1) is 18.9. The lowest BCUT2D eigenvalue weighted by molar-refractivity contribution is 0.312. The van der Waals surface area contributed by atoms with Crippen molar-refractivity contribution in [3.05, 3.63) is 76.4 Å². The number of aryl methyl sites for hydroxylation is 2. The standard InChI is InChI=1S/C25H23F2N3/c1-14-5-4-6-21(26)24(14)19-11-20-23(12-22(19)27)28-29-25(20)16-9-15(2)18-7-8-30(3)13-17(18)10-16/h4-6,9-12H,7-8,13H2,1-3H3,(H,28,29). The van der Waals surface area contributed by atoms with Crippen LogP contribution in [0.25, 0.3) is 33.3 Å². The quantitative estimate of drug-likeness (QED) is 0.460. The van der Waals surface area contributed by atoms with Gasteiger partial charge in [0.2, 0.25) is 0 Å². The number of hydrogen-bond donors (Lipinski definition) is 1. The summed E-state index contributed by atoms with van der Waals surface area (Å²) in [7, 11) is 2.13. The van der Waals surface area contributed by atoms with Crippen LogP contribution in [0.4, 0.5) is 8.78 Å². The van der Waals surface area contributed by atoms with Crippen LogP contribution < -0.4 is 0 Å². The number of aromatic nitrogens is 2. The second kappa shape index (κ2) is 7.03. The van der Waals surface area contributed by atoms with Gasteiger partial charge in [0, 0.05) is 41.2 Å². The molecule has 0 unspecified atom stereocenters. The monoisotopic (exact) mass is 403 g/mol. The summed E-state index contributed by atoms with van der Waals surface area (Å²) in [6.45, 7) is 5.89. The SMILES string of the molecule is Cc1cc(-c2n[nH]c3cc(F)c(-c4c(C)cccc4F)cc23)cc2c1CCN(C)C2. The van der Waals surface area contributed by atoms with E-state index in [-0.39, 0.29) is 5.56 Å². The fraction of sp³-hybridized carbons (Fsp3) is 0.240. The van der Waals surface area contributed by atoms with Gasteiger partial charge in [0.05, 0.1) is 11.2 Å². The number of hydrogen-bond acceptors (Lipinski definition) is 2. The molecule has 0 spiro atoms. The molecule has 0 radical (unpaired) electrons. The Hall–Kier alpha value is -3.05. The Morgan fingerprint density at radius 1 is 1.00 bits per heavy atom. The Labute approximate surface area is 174 Å². The minimum atomic E-state index is -0.464. The lowest BCUT2D eigenvalue weighted by Gasteiger charge is -2.26. The molecule has 0 saturated heterocycles. The Morgan fingerprint density at radius 3 is 2.63 bits per heavy atom. The van der Waals surface area contributed by atoms with Gasteiger partial charge < -0.3 is 4.90 Å². The van der Waals surface area contributed by atoms with E-state index in [4.69, 9.17) is 0 Å². The molecule has 3 aromatic carbocycles. The first-order valence-electron chi connectivity index (χ1n) is 10.2. The first-order valence-corrected chi connectivity index (χ1v) is 10.2. The highest BCUT2D eigenvalue weighted by Crippen LogP contribution is 2.36. The van der Waals surface area contributed by atoms with Crippen molar-refractivity contribution in [1.29, 1.82) is 0 Å². The third kappa shape index (κ3) is 3.01. The molecule has 5 heteroatoms. The molecular formula is C25H23F2N3. The zero-order valence-corrected chi connectivity index (χ0v) is 17.3. The molecule has 5 rings (SSSR count). The summed E-state index contributed by atoms with van der Waals surface area (Å²) in [6.07, 6.45) is 1.04. The maximum atomic E-state index is 14.9. The number of rotatable bonds is 2. The van der Waals surface area contributed by atoms with Gasteiger partial charge in [0.1, 0.15) is 11.6 Å². The van der Waals surface area contributed by atoms with E-state index in [1.54, 1.807) is 25.1 Å². The van der Waals surface area contributed by atoms with Gasteiger partial charge in [-0.2, -0.15) is 5.10 Å². The molecule has 0 amide bonds. The fourth-order valence-corrected chi connectivity index (χ4v) is 4.62. The van der Waals surface area contributed by atoms with Gasteiger partial charge >= 0.3 is 0 Å². The molecule has 3 nitrogen and oxygen atoms in total. The van der Waals surface area contributed by atoms with E-state index < -0.39 is 11.6 Å². The molecule has 0 aliphatic carbocycles. The molecule has 1 aliphatic rings. The molecule has 2 heterocycles. The number of nitrogens with zero attached hydrogens (tertiary/aromatic N) is 2. The van der Waals surface area contributed by atoms with E-state index >= 15 is 0 Å². The van der Waals surface area contributed by atoms with Crippen molar-refractivity contribution < 1.29 is 8.78 Å². The highest BCUT2D eigenvalue weighted by Gasteiger charge is 2.20. The van der Waals surface area contributed by atoms with Crippen LogP contribution in [0.3, 0.4) is 0 Å². The van der Waals surface area contributed by atoms with Crippen LogP contribution in [-0.4, -0.2) is 28.7 Å². The predicted octanol–water partition coefficient (Wildman–Crippen LogP) is 5.78. The van der Waals surface area contributed by atoms with Crippen molar-refractivity contribution in [3.8, 4) is 22.4 Å². The maximum absolute atomic E-state index is 14.9. The fourth-order valence-electron chi connectivity index (χ4n) is 4.62. The largest absolute Gasteiger partial charge is 0.302 e. The van der Waals surface area contributed by atoms with Gasteiger partial charge in [0.15, 0.2) is 0 Å². The topological polar surface area (TPSA) is 31.9 Å². The number of likely N-dealkylation sites (N-methyl/N-ethyl adjacent to an activating group) is 1. The maximum Gasteiger partial charge on any atom is 0.133 e. The molecule has 4 aromatic rings. The molecule has 0 atom stereocenters. The molecule has 1 aromatic heterocycles. The number of halogens is 2. The van der Waals surface area contributed by atoms with E-state index in [9.17, 15) is 8.78 Å². The van der Waals surface area contributed by atoms with Crippen LogP contribution >= 0.6 is 0 Å². The molecule has 30 heavy (non-hydrogen) atoms. The summed E-state index contributed by atoms with van der Waals surface area (Å²) in [6, 6.07) is 12.3. The summed E-state index contributed by atoms with van der Waals surface area (Å²) < 4.78 is 29.4. The van der Waals surface area contributed by atoms with Crippen molar-refractivity contribution in [1.82, 2.24) is 15.1 Å². The Balaban J connectivity index is 1.71. The Kier molecular flexibility index (Phi) is 4.44. The number of fused-ring (bicyclic) bond motifs is 2. The summed E-state index contributed by atoms with van der Waals surface area (Å²) >= 11 is 0. The number of nitrogens with one attached hydrogen (secondary N) is 1. The van der Waals surface area contributed by atoms with E-state index in [2.05, 4.69) is 41.2 Å². The Morgan fingerprint density at radius 2 is 1.83 bits per heavy atom. The van der Waals surface area contributed by atoms with Crippen LogP contribution in [0.15, 0.2) is 42.5 Å². The van der Waals surface area contributed by atoms with Crippen molar-refractivity contribution in [2.45, 2.75) is 26.8 Å². The average Bonchev–Trinajstić information content (AvgIpc) is 3.10. The van der Waals surface area contributed by atoms with E-state index in [1.165, 1.54) is 28.8 Å². The lowest BCUT2D eigenvalue weighted by Crippen LogP contribution is -2.27. The molecule has 1 N–H and O–H groups in total. The minimum Gasteiger partial charge on any atom is -0.302 e. The van der Waals surface area contributed by atoms with Gasteiger partial charge in [0.25, 0.3) is 0 Å². The smallest absolute Gasteiger partial charge is 0.133 e. The third-order valence-corrected chi connectivity index (χ3v) is 6.16. The number of benzene rings is 3. The molecule has 0 bridgehead atoms. The second-order valence-electron chi connectivity index (χ2n) is 8.30. The minimum absolute atomic E-state index is 0.259. The van der Waals surface area contributed by atoms with Crippen molar-refractivity contribution in [2.24, 2.45) is 0 Å². The number of H-pyrrole nitrogens is 1. The highest BCUT2D eigenvalue weighted by atomic mass is 19.1. The van der Waals surface area contributed by atoms with Crippen LogP contribution in [0.1, 0.15) is 22.3 Å². The van der Waals surface area contributed by atoms with Gasteiger partial charge in [-0.3, -0.25) is 5.10 Å². The van der Waals surface area contributed by atoms with Crippen molar-refractivity contribution >= 4 is 10.9 Å². The van der Waals surface area contributed by atoms with Gasteiger partial charge in [-0.05, 0) is 73.8 Å². The molecule has 152 valence electrons. The van der Waals surface area contributed by atoms with Gasteiger partial charge in [-0.1, -0.05) is 12.1 Å². The molecule has 0 fully saturated rings. The molecule has 0 saturated carbocycles. The highest BCUT2D eigenvalue weighted by molar-refractivity contribution is 5.96. The predicted molar refractivity (Wildman–Crippen MR) is 116 cm³/mol. The van der Waals surface area contributed by atoms with Crippen molar-refractivity contribution in [2.75, 3.05) is 13.6 Å². The molecular weight excluding hydrogens is 380 g/mol.